The Hall–Kier alpha value is -3.14. The zero-order valence-electron chi connectivity index (χ0n) is 20.9. The van der Waals surface area contributed by atoms with E-state index >= 15 is 0 Å². The first-order valence-corrected chi connectivity index (χ1v) is 12.4. The van der Waals surface area contributed by atoms with Crippen molar-refractivity contribution in [3.63, 3.8) is 0 Å². The summed E-state index contributed by atoms with van der Waals surface area (Å²) in [5, 5.41) is 9.11. The smallest absolute Gasteiger partial charge is 0.404 e. The Balaban J connectivity index is 0.000000555. The standard InChI is InChI=1S/C22H29F3N2O4.C5H5N/c1-21(13-31-20(26)30)10-8-17(9-11-21)27(16-6-7-16)19(29)15-4-2-14(3-5-15)18(12-28)22(23,24)25;1-2-4-6-5-3-1/h2-5,16-18,28H,6-13H2,1H3,(H2,26,30);1-5H/t17?,18-,21?;/m1./s1. The van der Waals surface area contributed by atoms with Gasteiger partial charge in [-0.15, -0.1) is 0 Å². The van der Waals surface area contributed by atoms with Crippen LogP contribution < -0.4 is 5.73 Å². The highest BCUT2D eigenvalue weighted by Crippen LogP contribution is 2.42. The SMILES string of the molecule is CC1(COC(N)=O)CCC(N(C(=O)c2ccc([C@@H](CO)C(F)(F)F)cc2)C2CC2)CC1.c1ccncc1. The van der Waals surface area contributed by atoms with Gasteiger partial charge < -0.3 is 20.5 Å². The predicted molar refractivity (Wildman–Crippen MR) is 132 cm³/mol. The van der Waals surface area contributed by atoms with Crippen molar-refractivity contribution < 1.29 is 32.6 Å². The molecule has 2 fully saturated rings. The van der Waals surface area contributed by atoms with Crippen LogP contribution in [0.4, 0.5) is 18.0 Å². The number of primary amides is 1. The summed E-state index contributed by atoms with van der Waals surface area (Å²) in [7, 11) is 0. The number of carbonyl (C=O) groups excluding carboxylic acids is 2. The van der Waals surface area contributed by atoms with Crippen molar-refractivity contribution >= 4 is 12.0 Å². The first kappa shape index (κ1) is 28.4. The third kappa shape index (κ3) is 8.18. The van der Waals surface area contributed by atoms with Crippen molar-refractivity contribution in [3.05, 3.63) is 66.0 Å². The Kier molecular flexibility index (Phi) is 9.53. The van der Waals surface area contributed by atoms with Gasteiger partial charge in [-0.3, -0.25) is 9.78 Å². The van der Waals surface area contributed by atoms with E-state index in [0.717, 1.165) is 38.5 Å². The largest absolute Gasteiger partial charge is 0.449 e. The van der Waals surface area contributed by atoms with Crippen LogP contribution in [0.1, 0.15) is 67.3 Å². The zero-order valence-corrected chi connectivity index (χ0v) is 20.9. The predicted octanol–water partition coefficient (Wildman–Crippen LogP) is 5.06. The van der Waals surface area contributed by atoms with Crippen LogP contribution in [0.5, 0.6) is 0 Å². The molecule has 1 aromatic carbocycles. The molecule has 2 aliphatic carbocycles. The quantitative estimate of drug-likeness (QED) is 0.530. The van der Waals surface area contributed by atoms with E-state index in [-0.39, 0.29) is 35.6 Å². The fourth-order valence-electron chi connectivity index (χ4n) is 4.67. The fraction of sp³-hybridized carbons (Fsp3) is 0.519. The van der Waals surface area contributed by atoms with Gasteiger partial charge in [0.25, 0.3) is 5.91 Å². The summed E-state index contributed by atoms with van der Waals surface area (Å²) in [5.41, 5.74) is 5.17. The molecular weight excluding hydrogens is 487 g/mol. The molecule has 0 radical (unpaired) electrons. The Morgan fingerprint density at radius 2 is 1.65 bits per heavy atom. The van der Waals surface area contributed by atoms with Gasteiger partial charge in [-0.05, 0) is 68.4 Å². The van der Waals surface area contributed by atoms with Crippen LogP contribution in [0, 0.1) is 5.41 Å². The molecule has 202 valence electrons. The average Bonchev–Trinajstić information content (AvgIpc) is 3.71. The monoisotopic (exact) mass is 521 g/mol. The van der Waals surface area contributed by atoms with E-state index in [9.17, 15) is 22.8 Å². The van der Waals surface area contributed by atoms with E-state index in [1.54, 1.807) is 12.4 Å². The van der Waals surface area contributed by atoms with Gasteiger partial charge in [-0.1, -0.05) is 25.1 Å². The van der Waals surface area contributed by atoms with E-state index in [2.05, 4.69) is 4.98 Å². The third-order valence-corrected chi connectivity index (χ3v) is 7.00. The van der Waals surface area contributed by atoms with Crippen LogP contribution in [0.25, 0.3) is 0 Å². The molecule has 4 rings (SSSR count). The summed E-state index contributed by atoms with van der Waals surface area (Å²) in [6.45, 7) is 1.25. The van der Waals surface area contributed by atoms with Crippen LogP contribution >= 0.6 is 0 Å². The van der Waals surface area contributed by atoms with Crippen LogP contribution in [-0.2, 0) is 4.74 Å². The fourth-order valence-corrected chi connectivity index (χ4v) is 4.67. The molecular formula is C27H34F3N3O4. The lowest BCUT2D eigenvalue weighted by Gasteiger charge is -2.41. The minimum atomic E-state index is -4.55. The number of halogens is 3. The number of alkyl halides is 3. The minimum absolute atomic E-state index is 0.0432. The van der Waals surface area contributed by atoms with Crippen molar-refractivity contribution in [2.24, 2.45) is 11.1 Å². The second kappa shape index (κ2) is 12.4. The third-order valence-electron chi connectivity index (χ3n) is 7.00. The lowest BCUT2D eigenvalue weighted by molar-refractivity contribution is -0.158. The number of amides is 2. The number of nitrogens with zero attached hydrogens (tertiary/aromatic N) is 2. The molecule has 0 bridgehead atoms. The Labute approximate surface area is 214 Å². The maximum absolute atomic E-state index is 13.2. The van der Waals surface area contributed by atoms with Gasteiger partial charge in [0.05, 0.1) is 13.2 Å². The summed E-state index contributed by atoms with van der Waals surface area (Å²) < 4.78 is 44.1. The number of aliphatic hydroxyl groups excluding tert-OH is 1. The average molecular weight is 522 g/mol. The topological polar surface area (TPSA) is 106 Å². The number of hydrogen-bond donors (Lipinski definition) is 2. The number of benzene rings is 1. The summed E-state index contributed by atoms with van der Waals surface area (Å²) in [4.78, 5) is 29.8. The molecule has 0 aliphatic heterocycles. The first-order chi connectivity index (χ1) is 17.5. The van der Waals surface area contributed by atoms with Crippen LogP contribution in [0.15, 0.2) is 54.9 Å². The van der Waals surface area contributed by atoms with Gasteiger partial charge in [-0.25, -0.2) is 4.79 Å². The van der Waals surface area contributed by atoms with Crippen LogP contribution in [0.3, 0.4) is 0 Å². The van der Waals surface area contributed by atoms with Crippen LogP contribution in [0.2, 0.25) is 0 Å². The maximum atomic E-state index is 13.2. The summed E-state index contributed by atoms with van der Waals surface area (Å²) in [5.74, 6) is -2.14. The molecule has 7 nitrogen and oxygen atoms in total. The molecule has 10 heteroatoms. The maximum Gasteiger partial charge on any atom is 0.404 e. The van der Waals surface area contributed by atoms with Crippen molar-refractivity contribution in [1.82, 2.24) is 9.88 Å². The first-order valence-electron chi connectivity index (χ1n) is 12.4. The summed E-state index contributed by atoms with van der Waals surface area (Å²) in [6.07, 6.45) is 3.09. The summed E-state index contributed by atoms with van der Waals surface area (Å²) >= 11 is 0. The Morgan fingerprint density at radius 3 is 2.05 bits per heavy atom. The number of hydrogen-bond acceptors (Lipinski definition) is 5. The molecule has 3 N–H and O–H groups in total. The van der Waals surface area contributed by atoms with Crippen molar-refractivity contribution in [2.75, 3.05) is 13.2 Å². The molecule has 2 saturated carbocycles. The number of aromatic nitrogens is 1. The second-order valence-electron chi connectivity index (χ2n) is 10.0. The highest BCUT2D eigenvalue weighted by Gasteiger charge is 2.43. The molecule has 37 heavy (non-hydrogen) atoms. The van der Waals surface area contributed by atoms with E-state index in [4.69, 9.17) is 15.6 Å². The highest BCUT2D eigenvalue weighted by molar-refractivity contribution is 5.95. The number of pyridine rings is 1. The number of ether oxygens (including phenoxy) is 1. The van der Waals surface area contributed by atoms with E-state index in [0.29, 0.717) is 5.56 Å². The van der Waals surface area contributed by atoms with Gasteiger partial charge in [0.15, 0.2) is 0 Å². The van der Waals surface area contributed by atoms with Gasteiger partial charge in [0.1, 0.15) is 5.92 Å². The molecule has 0 unspecified atom stereocenters. The zero-order chi connectivity index (χ0) is 27.1. The van der Waals surface area contributed by atoms with E-state index in [1.807, 2.05) is 30.0 Å². The number of nitrogens with two attached hydrogens (primary N) is 1. The second-order valence-corrected chi connectivity index (χ2v) is 10.0. The number of carbonyl (C=O) groups is 2. The molecule has 1 aromatic heterocycles. The van der Waals surface area contributed by atoms with Gasteiger partial charge in [0, 0.05) is 35.5 Å². The number of aliphatic hydroxyl groups is 1. The highest BCUT2D eigenvalue weighted by atomic mass is 19.4. The van der Waals surface area contributed by atoms with Gasteiger partial charge in [-0.2, -0.15) is 13.2 Å². The minimum Gasteiger partial charge on any atom is -0.449 e. The lowest BCUT2D eigenvalue weighted by Crippen LogP contribution is -2.46. The van der Waals surface area contributed by atoms with E-state index in [1.165, 1.54) is 24.3 Å². The molecule has 2 aromatic rings. The van der Waals surface area contributed by atoms with Crippen LogP contribution in [-0.4, -0.2) is 58.5 Å². The Morgan fingerprint density at radius 1 is 1.08 bits per heavy atom. The normalized spacial score (nSPS) is 22.2. The van der Waals surface area contributed by atoms with Crippen molar-refractivity contribution in [1.29, 1.82) is 0 Å². The molecule has 1 heterocycles. The van der Waals surface area contributed by atoms with E-state index < -0.39 is 24.8 Å². The van der Waals surface area contributed by atoms with Gasteiger partial charge in [0.2, 0.25) is 0 Å². The molecule has 0 spiro atoms. The summed E-state index contributed by atoms with van der Waals surface area (Å²) in [6, 6.07) is 11.3. The van der Waals surface area contributed by atoms with Gasteiger partial charge >= 0.3 is 12.3 Å². The molecule has 2 amide bonds. The molecule has 1 atom stereocenters. The van der Waals surface area contributed by atoms with Crippen molar-refractivity contribution in [3.8, 4) is 0 Å². The molecule has 2 aliphatic rings. The lowest BCUT2D eigenvalue weighted by atomic mass is 9.74. The van der Waals surface area contributed by atoms with Crippen molar-refractivity contribution in [2.45, 2.75) is 69.6 Å². The molecule has 0 saturated heterocycles. The number of rotatable bonds is 7. The Bertz CT molecular complexity index is 979.